The molecule has 2 rings (SSSR count). The van der Waals surface area contributed by atoms with Gasteiger partial charge in [-0.2, -0.15) is 14.7 Å². The van der Waals surface area contributed by atoms with Crippen LogP contribution in [0.15, 0.2) is 56.3 Å². The number of nitrogens with zero attached hydrogens (tertiary/aromatic N) is 5. The molecule has 14 heteroatoms. The first-order valence-corrected chi connectivity index (χ1v) is 15.9. The Labute approximate surface area is 263 Å². The molecule has 2 atom stereocenters. The molecule has 0 fully saturated rings. The molecule has 244 valence electrons. The Bertz CT molecular complexity index is 1640. The highest BCUT2D eigenvalue weighted by Crippen LogP contribution is 2.32. The number of carbonyl (C=O) groups excluding carboxylic acids is 2. The highest BCUT2D eigenvalue weighted by Gasteiger charge is 2.30. The molecule has 2 aromatic rings. The van der Waals surface area contributed by atoms with Crippen molar-refractivity contribution in [3.63, 3.8) is 0 Å². The maximum Gasteiger partial charge on any atom is 0.333 e. The van der Waals surface area contributed by atoms with Gasteiger partial charge in [-0.3, -0.25) is 14.2 Å². The second-order valence-corrected chi connectivity index (χ2v) is 12.9. The normalized spacial score (nSPS) is 13.1. The smallest absolute Gasteiger partial charge is 0.333 e. The van der Waals surface area contributed by atoms with Crippen molar-refractivity contribution >= 4 is 33.3 Å². The summed E-state index contributed by atoms with van der Waals surface area (Å²) < 4.78 is 40.3. The van der Waals surface area contributed by atoms with Crippen LogP contribution in [0.4, 0.5) is 11.4 Å². The van der Waals surface area contributed by atoms with Crippen LogP contribution in [-0.4, -0.2) is 59.6 Å². The van der Waals surface area contributed by atoms with Crippen molar-refractivity contribution in [2.45, 2.75) is 85.0 Å². The molecule has 0 saturated heterocycles. The summed E-state index contributed by atoms with van der Waals surface area (Å²) in [6, 6.07) is 7.27. The zero-order chi connectivity index (χ0) is 34.1. The van der Waals surface area contributed by atoms with E-state index in [9.17, 15) is 33.2 Å². The molecule has 0 saturated carbocycles. The minimum atomic E-state index is -4.19. The minimum absolute atomic E-state index is 0.0478. The van der Waals surface area contributed by atoms with Crippen LogP contribution in [0.2, 0.25) is 0 Å². The average Bonchev–Trinajstić information content (AvgIpc) is 2.96. The maximum absolute atomic E-state index is 13.7. The summed E-state index contributed by atoms with van der Waals surface area (Å²) in [4.78, 5) is 36.7. The monoisotopic (exact) mass is 643 g/mol. The number of nitriles is 1. The molecule has 0 aliphatic heterocycles. The number of ether oxygens (including phenoxy) is 2. The Hall–Kier alpha value is -4.35. The standard InChI is InChI=1S/C31H41N5O8S/c1-9-10-15-36-28(37)26(16-32)23(8)27(29(36)38)34-33-24-11-13-25(14-12-24)45(41,42)35(17-21(6)43-30(39)19(2)3)18-22(7)44-31(40)20(4)5/h11-14,20-22,38H,2,9-10,15,17-18H2,1,3-8H3/b34-33+. The number of sulfonamides is 1. The van der Waals surface area contributed by atoms with E-state index in [0.717, 1.165) is 15.3 Å². The van der Waals surface area contributed by atoms with E-state index in [1.165, 1.54) is 45.0 Å². The molecule has 0 spiro atoms. The Morgan fingerprint density at radius 3 is 2.18 bits per heavy atom. The SMILES string of the molecule is C=C(C)C(=O)OC(C)CN(CC(C)OC(=O)C(C)C)S(=O)(=O)c1ccc(/N=N/c2c(C)c(C#N)c(=O)n(CCCC)c2O)cc1. The summed E-state index contributed by atoms with van der Waals surface area (Å²) >= 11 is 0. The van der Waals surface area contributed by atoms with Crippen molar-refractivity contribution in [2.24, 2.45) is 16.1 Å². The molecule has 13 nitrogen and oxygen atoms in total. The van der Waals surface area contributed by atoms with Crippen LogP contribution in [0.3, 0.4) is 0 Å². The number of benzene rings is 1. The number of pyridine rings is 1. The van der Waals surface area contributed by atoms with Crippen molar-refractivity contribution in [3.8, 4) is 11.9 Å². The van der Waals surface area contributed by atoms with Gasteiger partial charge in [-0.1, -0.05) is 33.8 Å². The van der Waals surface area contributed by atoms with Crippen LogP contribution >= 0.6 is 0 Å². The van der Waals surface area contributed by atoms with Crippen LogP contribution < -0.4 is 5.56 Å². The van der Waals surface area contributed by atoms with Gasteiger partial charge >= 0.3 is 11.9 Å². The van der Waals surface area contributed by atoms with Gasteiger partial charge in [0.05, 0.1) is 29.6 Å². The second kappa shape index (κ2) is 16.1. The second-order valence-electron chi connectivity index (χ2n) is 11.0. The van der Waals surface area contributed by atoms with Crippen molar-refractivity contribution < 1.29 is 32.6 Å². The third-order valence-electron chi connectivity index (χ3n) is 6.61. The Morgan fingerprint density at radius 1 is 1.09 bits per heavy atom. The highest BCUT2D eigenvalue weighted by atomic mass is 32.2. The number of azo groups is 1. The van der Waals surface area contributed by atoms with Crippen LogP contribution in [0, 0.1) is 24.2 Å². The molecule has 0 aliphatic carbocycles. The summed E-state index contributed by atoms with van der Waals surface area (Å²) in [6.07, 6.45) is -0.300. The summed E-state index contributed by atoms with van der Waals surface area (Å²) in [5.41, 5.74) is -0.264. The zero-order valence-electron chi connectivity index (χ0n) is 26.7. The van der Waals surface area contributed by atoms with Crippen LogP contribution in [0.5, 0.6) is 5.88 Å². The van der Waals surface area contributed by atoms with E-state index >= 15 is 0 Å². The lowest BCUT2D eigenvalue weighted by Crippen LogP contribution is -2.43. The van der Waals surface area contributed by atoms with E-state index in [2.05, 4.69) is 16.8 Å². The Morgan fingerprint density at radius 2 is 1.67 bits per heavy atom. The van der Waals surface area contributed by atoms with E-state index in [1.54, 1.807) is 20.8 Å². The lowest BCUT2D eigenvalue weighted by Gasteiger charge is -2.28. The molecule has 0 radical (unpaired) electrons. The molecule has 0 aliphatic rings. The van der Waals surface area contributed by atoms with E-state index in [0.29, 0.717) is 6.42 Å². The topological polar surface area (TPSA) is 181 Å². The maximum atomic E-state index is 13.7. The summed E-state index contributed by atoms with van der Waals surface area (Å²) in [7, 11) is -4.19. The fraction of sp³-hybridized carbons (Fsp3) is 0.484. The highest BCUT2D eigenvalue weighted by molar-refractivity contribution is 7.89. The zero-order valence-corrected chi connectivity index (χ0v) is 27.5. The molecule has 0 amide bonds. The lowest BCUT2D eigenvalue weighted by atomic mass is 10.1. The molecule has 1 heterocycles. The molecule has 1 aromatic heterocycles. The fourth-order valence-corrected chi connectivity index (χ4v) is 5.65. The number of esters is 2. The van der Waals surface area contributed by atoms with Crippen molar-refractivity contribution in [1.29, 1.82) is 5.26 Å². The van der Waals surface area contributed by atoms with Gasteiger partial charge in [-0.25, -0.2) is 13.2 Å². The average molecular weight is 644 g/mol. The van der Waals surface area contributed by atoms with Crippen LogP contribution in [-0.2, 0) is 35.6 Å². The molecule has 2 unspecified atom stereocenters. The number of aromatic nitrogens is 1. The number of rotatable bonds is 15. The minimum Gasteiger partial charge on any atom is -0.493 e. The van der Waals surface area contributed by atoms with Gasteiger partial charge in [-0.15, -0.1) is 5.11 Å². The summed E-state index contributed by atoms with van der Waals surface area (Å²) in [5, 5.41) is 28.4. The number of aromatic hydroxyl groups is 1. The number of carbonyl (C=O) groups is 2. The molecular weight excluding hydrogens is 602 g/mol. The first-order valence-electron chi connectivity index (χ1n) is 14.5. The predicted molar refractivity (Wildman–Crippen MR) is 167 cm³/mol. The third kappa shape index (κ3) is 9.57. The lowest BCUT2D eigenvalue weighted by molar-refractivity contribution is -0.152. The first kappa shape index (κ1) is 36.8. The van der Waals surface area contributed by atoms with Crippen molar-refractivity contribution in [3.05, 3.63) is 57.9 Å². The van der Waals surface area contributed by atoms with Gasteiger partial charge in [0.1, 0.15) is 23.8 Å². The van der Waals surface area contributed by atoms with Gasteiger partial charge in [0, 0.05) is 17.7 Å². The molecule has 1 aromatic carbocycles. The van der Waals surface area contributed by atoms with Crippen molar-refractivity contribution in [1.82, 2.24) is 8.87 Å². The van der Waals surface area contributed by atoms with E-state index in [4.69, 9.17) is 9.47 Å². The van der Waals surface area contributed by atoms with E-state index < -0.39 is 51.5 Å². The van der Waals surface area contributed by atoms with Gasteiger partial charge in [0.25, 0.3) is 5.56 Å². The van der Waals surface area contributed by atoms with Crippen LogP contribution in [0.25, 0.3) is 0 Å². The number of hydrogen-bond acceptors (Lipinski definition) is 11. The summed E-state index contributed by atoms with van der Waals surface area (Å²) in [5.74, 6) is -1.98. The van der Waals surface area contributed by atoms with Gasteiger partial charge in [0.2, 0.25) is 15.9 Å². The number of unbranched alkanes of at least 4 members (excludes halogenated alkanes) is 1. The number of hydrogen-bond donors (Lipinski definition) is 1. The largest absolute Gasteiger partial charge is 0.493 e. The molecule has 45 heavy (non-hydrogen) atoms. The Kier molecular flexibility index (Phi) is 13.2. The third-order valence-corrected chi connectivity index (χ3v) is 8.46. The molecule has 0 bridgehead atoms. The van der Waals surface area contributed by atoms with E-state index in [1.807, 2.05) is 13.0 Å². The Balaban J connectivity index is 2.42. The van der Waals surface area contributed by atoms with Crippen LogP contribution in [0.1, 0.15) is 65.5 Å². The quantitative estimate of drug-likeness (QED) is 0.158. The van der Waals surface area contributed by atoms with E-state index in [-0.39, 0.29) is 52.6 Å². The van der Waals surface area contributed by atoms with Gasteiger partial charge < -0.3 is 14.6 Å². The summed E-state index contributed by atoms with van der Waals surface area (Å²) in [6.45, 7) is 14.6. The van der Waals surface area contributed by atoms with Crippen molar-refractivity contribution in [2.75, 3.05) is 13.1 Å². The first-order chi connectivity index (χ1) is 21.0. The predicted octanol–water partition coefficient (Wildman–Crippen LogP) is 5.04. The molecule has 1 N–H and O–H groups in total. The molecular formula is C31H41N5O8S. The van der Waals surface area contributed by atoms with Gasteiger partial charge in [0.15, 0.2) is 5.69 Å². The fourth-order valence-electron chi connectivity index (χ4n) is 4.06. The van der Waals surface area contributed by atoms with Gasteiger partial charge in [-0.05, 0) is 58.4 Å².